The van der Waals surface area contributed by atoms with Crippen LogP contribution < -0.4 is 9.47 Å². The third kappa shape index (κ3) is 2.44. The van der Waals surface area contributed by atoms with Gasteiger partial charge in [-0.2, -0.15) is 0 Å². The van der Waals surface area contributed by atoms with Gasteiger partial charge in [0, 0.05) is 11.5 Å². The summed E-state index contributed by atoms with van der Waals surface area (Å²) in [5.74, 6) is 0.762. The highest BCUT2D eigenvalue weighted by Crippen LogP contribution is 2.41. The van der Waals surface area contributed by atoms with Gasteiger partial charge in [-0.25, -0.2) is 0 Å². The zero-order chi connectivity index (χ0) is 15.0. The molecule has 3 rings (SSSR count). The molecule has 0 radical (unpaired) electrons. The number of rotatable bonds is 2. The maximum Gasteiger partial charge on any atom is 0.312 e. The Morgan fingerprint density at radius 3 is 2.81 bits per heavy atom. The zero-order valence-corrected chi connectivity index (χ0v) is 11.9. The molecular weight excluding hydrogens is 268 g/mol. The van der Waals surface area contributed by atoms with E-state index in [0.717, 1.165) is 16.7 Å². The molecule has 1 heterocycles. The number of aromatic hydroxyl groups is 1. The molecule has 0 bridgehead atoms. The first kappa shape index (κ1) is 13.5. The number of phenols is 1. The van der Waals surface area contributed by atoms with Crippen molar-refractivity contribution in [3.8, 4) is 17.2 Å². The lowest BCUT2D eigenvalue weighted by atomic mass is 9.85. The van der Waals surface area contributed by atoms with E-state index in [1.165, 1.54) is 7.11 Å². The molecule has 0 saturated heterocycles. The van der Waals surface area contributed by atoms with Crippen LogP contribution in [0.1, 0.15) is 29.0 Å². The lowest BCUT2D eigenvalue weighted by Crippen LogP contribution is -2.21. The molecule has 1 aliphatic rings. The van der Waals surface area contributed by atoms with Crippen molar-refractivity contribution in [1.29, 1.82) is 0 Å². The highest BCUT2D eigenvalue weighted by molar-refractivity contribution is 5.77. The molecule has 2 aromatic carbocycles. The van der Waals surface area contributed by atoms with E-state index in [9.17, 15) is 9.90 Å². The standard InChI is InChI=1S/C17H16O4/c1-10-3-6-15-13(7-10)12(9-17(19)21-15)11-4-5-14(18)16(8-11)20-2/h3-8,12,18H,9H2,1-2H3. The topological polar surface area (TPSA) is 55.8 Å². The number of phenolic OH excluding ortho intramolecular Hbond substituents is 1. The SMILES string of the molecule is COc1cc(C2CC(=O)Oc3ccc(C)cc32)ccc1O. The minimum atomic E-state index is -0.247. The molecule has 0 aliphatic carbocycles. The smallest absolute Gasteiger partial charge is 0.312 e. The number of carbonyl (C=O) groups is 1. The van der Waals surface area contributed by atoms with Crippen LogP contribution in [-0.4, -0.2) is 18.2 Å². The van der Waals surface area contributed by atoms with Gasteiger partial charge in [0.05, 0.1) is 13.5 Å². The number of benzene rings is 2. The summed E-state index contributed by atoms with van der Waals surface area (Å²) in [5.41, 5.74) is 3.03. The summed E-state index contributed by atoms with van der Waals surface area (Å²) >= 11 is 0. The minimum absolute atomic E-state index is 0.0871. The lowest BCUT2D eigenvalue weighted by Gasteiger charge is -2.25. The Morgan fingerprint density at radius 1 is 1.24 bits per heavy atom. The molecule has 0 aromatic heterocycles. The van der Waals surface area contributed by atoms with Crippen LogP contribution in [0, 0.1) is 6.92 Å². The third-order valence-electron chi connectivity index (χ3n) is 3.74. The van der Waals surface area contributed by atoms with E-state index in [1.807, 2.05) is 31.2 Å². The number of methoxy groups -OCH3 is 1. The number of hydrogen-bond donors (Lipinski definition) is 1. The predicted octanol–water partition coefficient (Wildman–Crippen LogP) is 3.15. The van der Waals surface area contributed by atoms with Crippen molar-refractivity contribution in [3.05, 3.63) is 53.1 Å². The molecule has 0 amide bonds. The van der Waals surface area contributed by atoms with E-state index in [1.54, 1.807) is 12.1 Å². The zero-order valence-electron chi connectivity index (χ0n) is 11.9. The van der Waals surface area contributed by atoms with Gasteiger partial charge in [0.1, 0.15) is 5.75 Å². The maximum atomic E-state index is 11.8. The monoisotopic (exact) mass is 284 g/mol. The summed E-state index contributed by atoms with van der Waals surface area (Å²) < 4.78 is 10.4. The largest absolute Gasteiger partial charge is 0.504 e. The van der Waals surface area contributed by atoms with Crippen molar-refractivity contribution in [2.75, 3.05) is 7.11 Å². The highest BCUT2D eigenvalue weighted by atomic mass is 16.5. The van der Waals surface area contributed by atoms with Crippen molar-refractivity contribution in [3.63, 3.8) is 0 Å². The van der Waals surface area contributed by atoms with Gasteiger partial charge >= 0.3 is 5.97 Å². The van der Waals surface area contributed by atoms with Crippen LogP contribution in [0.15, 0.2) is 36.4 Å². The summed E-state index contributed by atoms with van der Waals surface area (Å²) in [5, 5.41) is 9.71. The third-order valence-corrected chi connectivity index (χ3v) is 3.74. The van der Waals surface area contributed by atoms with Crippen molar-refractivity contribution in [1.82, 2.24) is 0 Å². The Hall–Kier alpha value is -2.49. The second kappa shape index (κ2) is 5.13. The van der Waals surface area contributed by atoms with Gasteiger partial charge in [-0.15, -0.1) is 0 Å². The second-order valence-corrected chi connectivity index (χ2v) is 5.20. The number of carbonyl (C=O) groups excluding carboxylic acids is 1. The summed E-state index contributed by atoms with van der Waals surface area (Å²) in [7, 11) is 1.51. The summed E-state index contributed by atoms with van der Waals surface area (Å²) in [6.07, 6.45) is 0.282. The molecule has 4 nitrogen and oxygen atoms in total. The van der Waals surface area contributed by atoms with E-state index in [0.29, 0.717) is 11.5 Å². The van der Waals surface area contributed by atoms with E-state index < -0.39 is 0 Å². The van der Waals surface area contributed by atoms with E-state index in [2.05, 4.69) is 0 Å². The summed E-state index contributed by atoms with van der Waals surface area (Å²) in [4.78, 5) is 11.8. The van der Waals surface area contributed by atoms with Crippen molar-refractivity contribution in [2.24, 2.45) is 0 Å². The van der Waals surface area contributed by atoms with Crippen molar-refractivity contribution >= 4 is 5.97 Å². The molecule has 1 unspecified atom stereocenters. The predicted molar refractivity (Wildman–Crippen MR) is 77.9 cm³/mol. The molecule has 1 aliphatic heterocycles. The Labute approximate surface area is 122 Å². The summed E-state index contributed by atoms with van der Waals surface area (Å²) in [6.45, 7) is 2.01. The first-order valence-electron chi connectivity index (χ1n) is 6.76. The Kier molecular flexibility index (Phi) is 3.29. The Bertz CT molecular complexity index is 706. The fourth-order valence-corrected chi connectivity index (χ4v) is 2.68. The first-order valence-corrected chi connectivity index (χ1v) is 6.76. The molecule has 0 spiro atoms. The Balaban J connectivity index is 2.10. The number of ether oxygens (including phenoxy) is 2. The van der Waals surface area contributed by atoms with Gasteiger partial charge in [0.25, 0.3) is 0 Å². The van der Waals surface area contributed by atoms with Crippen LogP contribution in [0.4, 0.5) is 0 Å². The minimum Gasteiger partial charge on any atom is -0.504 e. The quantitative estimate of drug-likeness (QED) is 0.680. The van der Waals surface area contributed by atoms with Crippen molar-refractivity contribution < 1.29 is 19.4 Å². The van der Waals surface area contributed by atoms with E-state index >= 15 is 0 Å². The molecule has 108 valence electrons. The van der Waals surface area contributed by atoms with E-state index in [4.69, 9.17) is 9.47 Å². The number of esters is 1. The van der Waals surface area contributed by atoms with Crippen LogP contribution >= 0.6 is 0 Å². The second-order valence-electron chi connectivity index (χ2n) is 5.20. The average molecular weight is 284 g/mol. The van der Waals surface area contributed by atoms with Gasteiger partial charge < -0.3 is 14.6 Å². The van der Waals surface area contributed by atoms with Crippen molar-refractivity contribution in [2.45, 2.75) is 19.3 Å². The van der Waals surface area contributed by atoms with Gasteiger partial charge in [-0.05, 0) is 30.7 Å². The van der Waals surface area contributed by atoms with Crippen LogP contribution in [0.2, 0.25) is 0 Å². The maximum absolute atomic E-state index is 11.8. The molecule has 0 fully saturated rings. The molecule has 1 N–H and O–H groups in total. The van der Waals surface area contributed by atoms with Gasteiger partial charge in [0.15, 0.2) is 11.5 Å². The molecule has 2 aromatic rings. The lowest BCUT2D eigenvalue weighted by molar-refractivity contribution is -0.135. The van der Waals surface area contributed by atoms with Gasteiger partial charge in [-0.1, -0.05) is 23.8 Å². The highest BCUT2D eigenvalue weighted by Gasteiger charge is 2.29. The van der Waals surface area contributed by atoms with Crippen LogP contribution in [-0.2, 0) is 4.79 Å². The molecule has 4 heteroatoms. The number of fused-ring (bicyclic) bond motifs is 1. The molecular formula is C17H16O4. The Morgan fingerprint density at radius 2 is 2.05 bits per heavy atom. The van der Waals surface area contributed by atoms with Crippen LogP contribution in [0.5, 0.6) is 17.2 Å². The van der Waals surface area contributed by atoms with Gasteiger partial charge in [0.2, 0.25) is 0 Å². The molecule has 0 saturated carbocycles. The average Bonchev–Trinajstić information content (AvgIpc) is 2.47. The molecule has 1 atom stereocenters. The summed E-state index contributed by atoms with van der Waals surface area (Å²) in [6, 6.07) is 10.9. The molecule has 21 heavy (non-hydrogen) atoms. The first-order chi connectivity index (χ1) is 10.1. The normalized spacial score (nSPS) is 17.0. The number of aryl methyl sites for hydroxylation is 1. The fraction of sp³-hybridized carbons (Fsp3) is 0.235. The fourth-order valence-electron chi connectivity index (χ4n) is 2.68. The van der Waals surface area contributed by atoms with E-state index in [-0.39, 0.29) is 24.1 Å². The van der Waals surface area contributed by atoms with Crippen LogP contribution in [0.3, 0.4) is 0 Å². The number of hydrogen-bond acceptors (Lipinski definition) is 4. The van der Waals surface area contributed by atoms with Crippen LogP contribution in [0.25, 0.3) is 0 Å². The van der Waals surface area contributed by atoms with Gasteiger partial charge in [-0.3, -0.25) is 4.79 Å².